The molecule has 2 aliphatic rings. The zero-order chi connectivity index (χ0) is 20.2. The topological polar surface area (TPSA) is 83.8 Å². The highest BCUT2D eigenvalue weighted by atomic mass is 79.9. The number of likely N-dealkylation sites (N-methyl/N-ethyl adjacent to an activating group) is 2. The van der Waals surface area contributed by atoms with Crippen molar-refractivity contribution in [2.24, 2.45) is 0 Å². The van der Waals surface area contributed by atoms with Crippen LogP contribution in [0.1, 0.15) is 19.5 Å². The fourth-order valence-corrected chi connectivity index (χ4v) is 4.32. The Bertz CT molecular complexity index is 961. The molecule has 1 aromatic heterocycles. The third kappa shape index (κ3) is 2.50. The summed E-state index contributed by atoms with van der Waals surface area (Å²) in [5.74, 6) is 1.53. The number of amides is 3. The number of anilines is 1. The molecule has 0 N–H and O–H groups in total. The summed E-state index contributed by atoms with van der Waals surface area (Å²) in [6.45, 7) is 2.68. The van der Waals surface area contributed by atoms with Crippen molar-refractivity contribution in [2.75, 3.05) is 32.6 Å². The van der Waals surface area contributed by atoms with E-state index in [9.17, 15) is 9.59 Å². The molecular formula is C18H21BrN6O3. The van der Waals surface area contributed by atoms with Gasteiger partial charge in [0.2, 0.25) is 5.95 Å². The van der Waals surface area contributed by atoms with Crippen LogP contribution in [0.5, 0.6) is 5.75 Å². The van der Waals surface area contributed by atoms with Crippen molar-refractivity contribution in [3.63, 3.8) is 0 Å². The van der Waals surface area contributed by atoms with Crippen LogP contribution < -0.4 is 9.64 Å². The molecule has 3 heterocycles. The fourth-order valence-electron chi connectivity index (χ4n) is 3.96. The summed E-state index contributed by atoms with van der Waals surface area (Å²) in [7, 11) is 4.80. The van der Waals surface area contributed by atoms with Crippen molar-refractivity contribution < 1.29 is 14.3 Å². The highest BCUT2D eigenvalue weighted by Gasteiger charge is 2.54. The molecule has 2 unspecified atom stereocenters. The molecule has 2 atom stereocenters. The number of nitrogens with zero attached hydrogens (tertiary/aromatic N) is 6. The van der Waals surface area contributed by atoms with Gasteiger partial charge in [-0.05, 0) is 24.6 Å². The van der Waals surface area contributed by atoms with Crippen molar-refractivity contribution in [3.8, 4) is 17.1 Å². The summed E-state index contributed by atoms with van der Waals surface area (Å²) in [6.07, 6.45) is 0.312. The van der Waals surface area contributed by atoms with E-state index in [1.165, 1.54) is 11.9 Å². The van der Waals surface area contributed by atoms with Gasteiger partial charge in [0, 0.05) is 25.1 Å². The second-order valence-electron chi connectivity index (χ2n) is 6.88. The SMILES string of the molecule is CCCN1c2nnc(-c3cc(Br)ccc3OC)n2C2C1C(=O)N(C)C(=O)N2C. The molecular weight excluding hydrogens is 428 g/mol. The minimum atomic E-state index is -0.532. The van der Waals surface area contributed by atoms with Crippen LogP contribution in [0.2, 0.25) is 0 Å². The van der Waals surface area contributed by atoms with E-state index in [0.29, 0.717) is 24.1 Å². The molecule has 0 aliphatic carbocycles. The molecule has 28 heavy (non-hydrogen) atoms. The second kappa shape index (κ2) is 6.77. The van der Waals surface area contributed by atoms with Gasteiger partial charge in [0.05, 0.1) is 12.7 Å². The van der Waals surface area contributed by atoms with Crippen LogP contribution in [0.4, 0.5) is 10.7 Å². The maximum Gasteiger partial charge on any atom is 0.327 e. The number of benzene rings is 1. The first-order valence-electron chi connectivity index (χ1n) is 9.00. The Morgan fingerprint density at radius 3 is 2.64 bits per heavy atom. The molecule has 148 valence electrons. The first-order chi connectivity index (χ1) is 13.4. The lowest BCUT2D eigenvalue weighted by molar-refractivity contribution is -0.133. The number of ether oxygens (including phenoxy) is 1. The molecule has 3 amide bonds. The van der Waals surface area contributed by atoms with Gasteiger partial charge in [0.1, 0.15) is 11.9 Å². The normalized spacial score (nSPS) is 21.2. The predicted molar refractivity (Wildman–Crippen MR) is 106 cm³/mol. The van der Waals surface area contributed by atoms with E-state index < -0.39 is 12.2 Å². The van der Waals surface area contributed by atoms with Gasteiger partial charge < -0.3 is 14.5 Å². The summed E-state index contributed by atoms with van der Waals surface area (Å²) in [4.78, 5) is 30.3. The van der Waals surface area contributed by atoms with Gasteiger partial charge in [-0.1, -0.05) is 22.9 Å². The molecule has 0 spiro atoms. The Balaban J connectivity index is 1.93. The third-order valence-electron chi connectivity index (χ3n) is 5.25. The Labute approximate surface area is 171 Å². The number of methoxy groups -OCH3 is 1. The zero-order valence-electron chi connectivity index (χ0n) is 16.1. The average Bonchev–Trinajstić information content (AvgIpc) is 3.24. The maximum absolute atomic E-state index is 13.0. The molecule has 9 nitrogen and oxygen atoms in total. The lowest BCUT2D eigenvalue weighted by Crippen LogP contribution is -2.61. The molecule has 1 saturated heterocycles. The van der Waals surface area contributed by atoms with Crippen LogP contribution in [0, 0.1) is 0 Å². The number of hydrogen-bond donors (Lipinski definition) is 0. The van der Waals surface area contributed by atoms with Crippen LogP contribution in [-0.2, 0) is 4.79 Å². The van der Waals surface area contributed by atoms with Crippen molar-refractivity contribution in [3.05, 3.63) is 22.7 Å². The summed E-state index contributed by atoms with van der Waals surface area (Å²) >= 11 is 3.49. The Morgan fingerprint density at radius 1 is 1.21 bits per heavy atom. The van der Waals surface area contributed by atoms with Crippen LogP contribution in [0.3, 0.4) is 0 Å². The quantitative estimate of drug-likeness (QED) is 0.713. The average molecular weight is 449 g/mol. The van der Waals surface area contributed by atoms with Gasteiger partial charge in [-0.2, -0.15) is 0 Å². The van der Waals surface area contributed by atoms with Gasteiger partial charge in [0.25, 0.3) is 5.91 Å². The number of urea groups is 1. The zero-order valence-corrected chi connectivity index (χ0v) is 17.7. The first kappa shape index (κ1) is 18.7. The number of halogens is 1. The summed E-state index contributed by atoms with van der Waals surface area (Å²) < 4.78 is 8.24. The van der Waals surface area contributed by atoms with E-state index in [-0.39, 0.29) is 11.9 Å². The summed E-state index contributed by atoms with van der Waals surface area (Å²) in [5.41, 5.74) is 0.736. The second-order valence-corrected chi connectivity index (χ2v) is 7.80. The monoisotopic (exact) mass is 448 g/mol. The number of imide groups is 1. The molecule has 0 bridgehead atoms. The van der Waals surface area contributed by atoms with E-state index in [0.717, 1.165) is 16.5 Å². The lowest BCUT2D eigenvalue weighted by Gasteiger charge is -2.40. The van der Waals surface area contributed by atoms with Gasteiger partial charge in [-0.25, -0.2) is 4.79 Å². The highest BCUT2D eigenvalue weighted by molar-refractivity contribution is 9.10. The largest absolute Gasteiger partial charge is 0.496 e. The minimum Gasteiger partial charge on any atom is -0.496 e. The number of carbonyl (C=O) groups is 2. The standard InChI is InChI=1S/C18H21BrN6O3/c1-5-8-24-13-15(22(2)18(27)23(3)16(13)26)25-14(20-21-17(24)25)11-9-10(19)6-7-12(11)28-4/h6-7,9,13,15H,5,8H2,1-4H3. The number of rotatable bonds is 4. The smallest absolute Gasteiger partial charge is 0.327 e. The molecule has 10 heteroatoms. The van der Waals surface area contributed by atoms with Crippen LogP contribution in [0.15, 0.2) is 22.7 Å². The molecule has 1 fully saturated rings. The molecule has 0 saturated carbocycles. The van der Waals surface area contributed by atoms with Gasteiger partial charge in [-0.3, -0.25) is 14.3 Å². The first-order valence-corrected chi connectivity index (χ1v) is 9.79. The maximum atomic E-state index is 13.0. The summed E-state index contributed by atoms with van der Waals surface area (Å²) in [5, 5.41) is 8.77. The summed E-state index contributed by atoms with van der Waals surface area (Å²) in [6, 6.07) is 4.73. The van der Waals surface area contributed by atoms with Crippen LogP contribution in [0.25, 0.3) is 11.4 Å². The number of aromatic nitrogens is 3. The predicted octanol–water partition coefficient (Wildman–Crippen LogP) is 2.34. The van der Waals surface area contributed by atoms with Crippen molar-refractivity contribution in [2.45, 2.75) is 25.6 Å². The van der Waals surface area contributed by atoms with Gasteiger partial charge >= 0.3 is 6.03 Å². The minimum absolute atomic E-state index is 0.237. The Morgan fingerprint density at radius 2 is 1.96 bits per heavy atom. The highest BCUT2D eigenvalue weighted by Crippen LogP contribution is 2.44. The van der Waals surface area contributed by atoms with Gasteiger partial charge in [-0.15, -0.1) is 10.2 Å². The van der Waals surface area contributed by atoms with Crippen molar-refractivity contribution in [1.82, 2.24) is 24.6 Å². The van der Waals surface area contributed by atoms with E-state index in [2.05, 4.69) is 26.1 Å². The molecule has 2 aliphatic heterocycles. The van der Waals surface area contributed by atoms with Crippen LogP contribution in [-0.4, -0.2) is 70.3 Å². The van der Waals surface area contributed by atoms with Crippen LogP contribution >= 0.6 is 15.9 Å². The number of fused-ring (bicyclic) bond motifs is 3. The number of hydrogen-bond acceptors (Lipinski definition) is 6. The lowest BCUT2D eigenvalue weighted by atomic mass is 10.1. The van der Waals surface area contributed by atoms with E-state index in [1.54, 1.807) is 19.1 Å². The van der Waals surface area contributed by atoms with E-state index in [1.807, 2.05) is 34.6 Å². The van der Waals surface area contributed by atoms with E-state index in [4.69, 9.17) is 4.74 Å². The molecule has 2 aromatic rings. The fraction of sp³-hybridized carbons (Fsp3) is 0.444. The Hall–Kier alpha value is -2.62. The third-order valence-corrected chi connectivity index (χ3v) is 5.75. The van der Waals surface area contributed by atoms with E-state index >= 15 is 0 Å². The number of carbonyl (C=O) groups excluding carboxylic acids is 2. The molecule has 1 aromatic carbocycles. The molecule has 4 rings (SSSR count). The Kier molecular flexibility index (Phi) is 4.53. The van der Waals surface area contributed by atoms with Crippen molar-refractivity contribution >= 4 is 33.8 Å². The molecule has 0 radical (unpaired) electrons. The van der Waals surface area contributed by atoms with Crippen molar-refractivity contribution in [1.29, 1.82) is 0 Å². The van der Waals surface area contributed by atoms with Gasteiger partial charge in [0.15, 0.2) is 11.9 Å².